The monoisotopic (exact) mass is 322 g/mol. The van der Waals surface area contributed by atoms with Crippen molar-refractivity contribution in [2.75, 3.05) is 39.9 Å². The lowest BCUT2D eigenvalue weighted by molar-refractivity contribution is -0.123. The number of hydrogen-bond donors (Lipinski definition) is 3. The minimum absolute atomic E-state index is 0.000111. The van der Waals surface area contributed by atoms with Gasteiger partial charge in [0, 0.05) is 25.6 Å². The molecule has 0 radical (unpaired) electrons. The lowest BCUT2D eigenvalue weighted by atomic mass is 9.95. The Bertz CT molecular complexity index is 509. The molecule has 0 saturated carbocycles. The van der Waals surface area contributed by atoms with Crippen molar-refractivity contribution in [3.05, 3.63) is 29.8 Å². The molecule has 6 heteroatoms. The average Bonchev–Trinajstić information content (AvgIpc) is 2.55. The second kappa shape index (κ2) is 8.86. The predicted molar refractivity (Wildman–Crippen MR) is 87.3 cm³/mol. The predicted octanol–water partition coefficient (Wildman–Crippen LogP) is 0.0290. The Balaban J connectivity index is 1.71. The highest BCUT2D eigenvalue weighted by Crippen LogP contribution is 2.18. The number of rotatable bonds is 7. The summed E-state index contributed by atoms with van der Waals surface area (Å²) in [5.74, 6) is 0.713. The van der Waals surface area contributed by atoms with Crippen molar-refractivity contribution in [1.82, 2.24) is 10.2 Å². The molecule has 0 bridgehead atoms. The number of benzene rings is 1. The first-order chi connectivity index (χ1) is 11.1. The lowest BCUT2D eigenvalue weighted by Gasteiger charge is -2.34. The third-order valence-electron chi connectivity index (χ3n) is 4.32. The SMILES string of the molecule is COc1ccccc1CCNC(=O)CN1CC[C@H](CO)[C@H](O)C1. The zero-order chi connectivity index (χ0) is 16.7. The fourth-order valence-corrected chi connectivity index (χ4v) is 2.91. The number of carbonyl (C=O) groups is 1. The van der Waals surface area contributed by atoms with Crippen LogP contribution in [0.4, 0.5) is 0 Å². The maximum Gasteiger partial charge on any atom is 0.234 e. The number of aliphatic hydroxyl groups is 2. The standard InChI is InChI=1S/C17H26N2O4/c1-23-16-5-3-2-4-13(16)6-8-18-17(22)11-19-9-7-14(12-20)15(21)10-19/h2-5,14-15,20-21H,6-12H2,1H3,(H,18,22)/t14-,15-/m1/s1. The van der Waals surface area contributed by atoms with Gasteiger partial charge in [0.2, 0.25) is 5.91 Å². The molecule has 6 nitrogen and oxygen atoms in total. The number of aliphatic hydroxyl groups excluding tert-OH is 2. The Kier molecular flexibility index (Phi) is 6.83. The summed E-state index contributed by atoms with van der Waals surface area (Å²) in [4.78, 5) is 13.9. The summed E-state index contributed by atoms with van der Waals surface area (Å²) in [5.41, 5.74) is 1.06. The zero-order valence-electron chi connectivity index (χ0n) is 13.6. The van der Waals surface area contributed by atoms with E-state index in [0.29, 0.717) is 25.9 Å². The van der Waals surface area contributed by atoms with E-state index in [0.717, 1.165) is 17.9 Å². The molecule has 2 rings (SSSR count). The second-order valence-electron chi connectivity index (χ2n) is 5.95. The van der Waals surface area contributed by atoms with Crippen molar-refractivity contribution < 1.29 is 19.7 Å². The minimum atomic E-state index is -0.560. The quantitative estimate of drug-likeness (QED) is 0.660. The number of piperidine rings is 1. The van der Waals surface area contributed by atoms with Crippen LogP contribution >= 0.6 is 0 Å². The van der Waals surface area contributed by atoms with Gasteiger partial charge in [-0.15, -0.1) is 0 Å². The first-order valence-corrected chi connectivity index (χ1v) is 8.04. The molecular weight excluding hydrogens is 296 g/mol. The largest absolute Gasteiger partial charge is 0.496 e. The number of β-amino-alcohol motifs (C(OH)–C–C–N with tert-alkyl or cyclic N) is 1. The van der Waals surface area contributed by atoms with Gasteiger partial charge in [-0.3, -0.25) is 9.69 Å². The van der Waals surface area contributed by atoms with Gasteiger partial charge in [-0.2, -0.15) is 0 Å². The van der Waals surface area contributed by atoms with Crippen LogP contribution in [0.5, 0.6) is 5.75 Å². The number of ether oxygens (including phenoxy) is 1. The summed E-state index contributed by atoms with van der Waals surface area (Å²) >= 11 is 0. The number of hydrogen-bond acceptors (Lipinski definition) is 5. The van der Waals surface area contributed by atoms with Gasteiger partial charge < -0.3 is 20.3 Å². The summed E-state index contributed by atoms with van der Waals surface area (Å²) in [6, 6.07) is 7.76. The third-order valence-corrected chi connectivity index (χ3v) is 4.32. The molecule has 1 fully saturated rings. The highest BCUT2D eigenvalue weighted by atomic mass is 16.5. The van der Waals surface area contributed by atoms with Crippen molar-refractivity contribution in [1.29, 1.82) is 0 Å². The number of carbonyl (C=O) groups excluding carboxylic acids is 1. The number of para-hydroxylation sites is 1. The van der Waals surface area contributed by atoms with E-state index in [-0.39, 0.29) is 25.0 Å². The van der Waals surface area contributed by atoms with Crippen LogP contribution in [0, 0.1) is 5.92 Å². The summed E-state index contributed by atoms with van der Waals surface area (Å²) < 4.78 is 5.29. The highest BCUT2D eigenvalue weighted by molar-refractivity contribution is 5.78. The molecule has 128 valence electrons. The van der Waals surface area contributed by atoms with Crippen molar-refractivity contribution in [3.63, 3.8) is 0 Å². The Morgan fingerprint density at radius 2 is 2.22 bits per heavy atom. The van der Waals surface area contributed by atoms with Crippen LogP contribution < -0.4 is 10.1 Å². The van der Waals surface area contributed by atoms with Crippen molar-refractivity contribution >= 4 is 5.91 Å². The van der Waals surface area contributed by atoms with E-state index >= 15 is 0 Å². The number of methoxy groups -OCH3 is 1. The molecule has 1 saturated heterocycles. The van der Waals surface area contributed by atoms with E-state index in [1.165, 1.54) is 0 Å². The van der Waals surface area contributed by atoms with E-state index < -0.39 is 6.10 Å². The van der Waals surface area contributed by atoms with E-state index in [4.69, 9.17) is 9.84 Å². The Morgan fingerprint density at radius 3 is 2.91 bits per heavy atom. The molecule has 1 aromatic rings. The van der Waals surface area contributed by atoms with Gasteiger partial charge in [0.1, 0.15) is 5.75 Å². The first-order valence-electron chi connectivity index (χ1n) is 8.04. The molecule has 3 N–H and O–H groups in total. The van der Waals surface area contributed by atoms with Crippen molar-refractivity contribution in [2.24, 2.45) is 5.92 Å². The molecule has 1 aliphatic rings. The Hall–Kier alpha value is -1.63. The molecular formula is C17H26N2O4. The molecule has 23 heavy (non-hydrogen) atoms. The van der Waals surface area contributed by atoms with Crippen LogP contribution in [0.3, 0.4) is 0 Å². The Morgan fingerprint density at radius 1 is 1.43 bits per heavy atom. The van der Waals surface area contributed by atoms with Crippen LogP contribution in [0.25, 0.3) is 0 Å². The topological polar surface area (TPSA) is 82.0 Å². The molecule has 1 amide bonds. The van der Waals surface area contributed by atoms with Gasteiger partial charge in [-0.25, -0.2) is 0 Å². The van der Waals surface area contributed by atoms with E-state index in [1.54, 1.807) is 7.11 Å². The van der Waals surface area contributed by atoms with Crippen LogP contribution in [0.2, 0.25) is 0 Å². The molecule has 0 spiro atoms. The Labute approximate surface area is 137 Å². The number of likely N-dealkylation sites (tertiary alicyclic amines) is 1. The van der Waals surface area contributed by atoms with Gasteiger partial charge in [0.05, 0.1) is 19.8 Å². The van der Waals surface area contributed by atoms with Gasteiger partial charge in [-0.1, -0.05) is 18.2 Å². The van der Waals surface area contributed by atoms with Crippen LogP contribution in [0.1, 0.15) is 12.0 Å². The molecule has 1 heterocycles. The summed E-state index contributed by atoms with van der Waals surface area (Å²) in [5, 5.41) is 21.9. The van der Waals surface area contributed by atoms with Crippen molar-refractivity contribution in [2.45, 2.75) is 18.9 Å². The van der Waals surface area contributed by atoms with Crippen molar-refractivity contribution in [3.8, 4) is 5.75 Å². The molecule has 1 aliphatic heterocycles. The van der Waals surface area contributed by atoms with Gasteiger partial charge >= 0.3 is 0 Å². The fraction of sp³-hybridized carbons (Fsp3) is 0.588. The minimum Gasteiger partial charge on any atom is -0.496 e. The van der Waals surface area contributed by atoms with E-state index in [9.17, 15) is 9.90 Å². The maximum absolute atomic E-state index is 12.0. The summed E-state index contributed by atoms with van der Waals surface area (Å²) in [6.45, 7) is 1.99. The molecule has 0 aromatic heterocycles. The van der Waals surface area contributed by atoms with E-state index in [2.05, 4.69) is 5.32 Å². The lowest BCUT2D eigenvalue weighted by Crippen LogP contribution is -2.48. The third kappa shape index (κ3) is 5.20. The maximum atomic E-state index is 12.0. The molecule has 0 aliphatic carbocycles. The van der Waals surface area contributed by atoms with Gasteiger partial charge in [0.15, 0.2) is 0 Å². The highest BCUT2D eigenvalue weighted by Gasteiger charge is 2.27. The van der Waals surface area contributed by atoms with E-state index in [1.807, 2.05) is 29.2 Å². The number of nitrogens with zero attached hydrogens (tertiary/aromatic N) is 1. The smallest absolute Gasteiger partial charge is 0.234 e. The summed E-state index contributed by atoms with van der Waals surface area (Å²) in [6.07, 6.45) is 0.868. The second-order valence-corrected chi connectivity index (χ2v) is 5.95. The van der Waals surface area contributed by atoms with Crippen LogP contribution in [-0.4, -0.2) is 67.0 Å². The number of nitrogens with one attached hydrogen (secondary N) is 1. The van der Waals surface area contributed by atoms with Crippen LogP contribution in [-0.2, 0) is 11.2 Å². The first kappa shape index (κ1) is 17.7. The number of amides is 1. The molecule has 1 aromatic carbocycles. The van der Waals surface area contributed by atoms with Crippen LogP contribution in [0.15, 0.2) is 24.3 Å². The zero-order valence-corrected chi connectivity index (χ0v) is 13.6. The molecule has 2 atom stereocenters. The summed E-state index contributed by atoms with van der Waals surface area (Å²) in [7, 11) is 1.64. The normalized spacial score (nSPS) is 21.9. The van der Waals surface area contributed by atoms with Gasteiger partial charge in [0.25, 0.3) is 0 Å². The van der Waals surface area contributed by atoms with Gasteiger partial charge in [-0.05, 0) is 31.0 Å². The average molecular weight is 322 g/mol. The fourth-order valence-electron chi connectivity index (χ4n) is 2.91. The molecule has 0 unspecified atom stereocenters.